The molecule has 3 aromatic carbocycles. The molecular weight excluding hydrogens is 579 g/mol. The van der Waals surface area contributed by atoms with Crippen molar-refractivity contribution in [3.05, 3.63) is 94.0 Å². The average Bonchev–Trinajstić information content (AvgIpc) is 2.91. The number of alkyl halides is 3. The third-order valence-corrected chi connectivity index (χ3v) is 8.67. The lowest BCUT2D eigenvalue weighted by Crippen LogP contribution is -2.51. The molecule has 0 fully saturated rings. The number of anilines is 1. The van der Waals surface area contributed by atoms with Crippen LogP contribution in [0.3, 0.4) is 0 Å². The Morgan fingerprint density at radius 1 is 1.00 bits per heavy atom. The van der Waals surface area contributed by atoms with Crippen molar-refractivity contribution < 1.29 is 31.2 Å². The van der Waals surface area contributed by atoms with Gasteiger partial charge < -0.3 is 10.2 Å². The predicted molar refractivity (Wildman–Crippen MR) is 152 cm³/mol. The molecule has 1 atom stereocenters. The second-order valence-corrected chi connectivity index (χ2v) is 11.8. The van der Waals surface area contributed by atoms with Crippen LogP contribution in [0.5, 0.6) is 0 Å². The molecule has 0 aliphatic heterocycles. The number of hydrogen-bond acceptors (Lipinski definition) is 4. The topological polar surface area (TPSA) is 86.8 Å². The van der Waals surface area contributed by atoms with Gasteiger partial charge >= 0.3 is 6.18 Å². The first-order valence-corrected chi connectivity index (χ1v) is 14.6. The lowest BCUT2D eigenvalue weighted by atomic mass is 10.1. The van der Waals surface area contributed by atoms with Crippen molar-refractivity contribution >= 4 is 39.1 Å². The van der Waals surface area contributed by atoms with E-state index in [2.05, 4.69) is 5.32 Å². The number of likely N-dealkylation sites (N-methyl/N-ethyl adjacent to an activating group) is 1. The maximum Gasteiger partial charge on any atom is 0.417 e. The lowest BCUT2D eigenvalue weighted by Gasteiger charge is -2.32. The highest BCUT2D eigenvalue weighted by molar-refractivity contribution is 7.92. The van der Waals surface area contributed by atoms with Crippen LogP contribution in [0.15, 0.2) is 71.6 Å². The van der Waals surface area contributed by atoms with Crippen LogP contribution >= 0.6 is 11.6 Å². The predicted octanol–water partition coefficient (Wildman–Crippen LogP) is 5.72. The number of rotatable bonds is 10. The van der Waals surface area contributed by atoms with Crippen molar-refractivity contribution in [3.63, 3.8) is 0 Å². The van der Waals surface area contributed by atoms with Crippen LogP contribution in [0.4, 0.5) is 18.9 Å². The van der Waals surface area contributed by atoms with E-state index in [0.29, 0.717) is 16.9 Å². The van der Waals surface area contributed by atoms with Gasteiger partial charge in [-0.15, -0.1) is 0 Å². The Balaban J connectivity index is 2.14. The van der Waals surface area contributed by atoms with E-state index in [1.165, 1.54) is 36.1 Å². The minimum atomic E-state index is -4.87. The summed E-state index contributed by atoms with van der Waals surface area (Å²) in [6.45, 7) is 6.20. The third kappa shape index (κ3) is 7.59. The van der Waals surface area contributed by atoms with Crippen LogP contribution < -0.4 is 9.62 Å². The molecule has 220 valence electrons. The van der Waals surface area contributed by atoms with Crippen molar-refractivity contribution in [2.24, 2.45) is 0 Å². The van der Waals surface area contributed by atoms with E-state index in [0.717, 1.165) is 28.8 Å². The Kier molecular flexibility index (Phi) is 10.1. The zero-order valence-corrected chi connectivity index (χ0v) is 24.6. The van der Waals surface area contributed by atoms with Crippen LogP contribution in [0.2, 0.25) is 5.02 Å². The number of sulfonamides is 1. The van der Waals surface area contributed by atoms with Gasteiger partial charge in [0.05, 0.1) is 21.2 Å². The highest BCUT2D eigenvalue weighted by Gasteiger charge is 2.37. The largest absolute Gasteiger partial charge is 0.417 e. The molecule has 0 radical (unpaired) electrons. The molecule has 0 spiro atoms. The molecule has 2 amide bonds. The fourth-order valence-corrected chi connectivity index (χ4v) is 5.76. The summed E-state index contributed by atoms with van der Waals surface area (Å²) < 4.78 is 69.4. The number of benzene rings is 3. The molecule has 0 heterocycles. The van der Waals surface area contributed by atoms with Crippen LogP contribution in [-0.4, -0.2) is 44.3 Å². The smallest absolute Gasteiger partial charge is 0.355 e. The number of carbonyl (C=O) groups excluding carboxylic acids is 2. The molecule has 0 unspecified atom stereocenters. The van der Waals surface area contributed by atoms with E-state index in [1.54, 1.807) is 26.0 Å². The molecule has 0 aliphatic rings. The second-order valence-electron chi connectivity index (χ2n) is 9.51. The summed E-state index contributed by atoms with van der Waals surface area (Å²) in [6.07, 6.45) is -4.87. The Morgan fingerprint density at radius 2 is 1.63 bits per heavy atom. The lowest BCUT2D eigenvalue weighted by molar-refractivity contribution is -0.139. The molecule has 41 heavy (non-hydrogen) atoms. The fourth-order valence-electron chi connectivity index (χ4n) is 4.13. The first kappa shape index (κ1) is 32.0. The van der Waals surface area contributed by atoms with Crippen LogP contribution in [0.1, 0.15) is 36.1 Å². The van der Waals surface area contributed by atoms with Gasteiger partial charge in [0.2, 0.25) is 11.8 Å². The Bertz CT molecular complexity index is 1510. The highest BCUT2D eigenvalue weighted by Crippen LogP contribution is 2.38. The Hall–Kier alpha value is -3.57. The number of halogens is 4. The number of hydrogen-bond donors (Lipinski definition) is 1. The van der Waals surface area contributed by atoms with Gasteiger partial charge in [0.1, 0.15) is 12.6 Å². The van der Waals surface area contributed by atoms with Crippen molar-refractivity contribution in [2.45, 2.75) is 51.4 Å². The fraction of sp³-hybridized carbons (Fsp3) is 0.310. The Morgan fingerprint density at radius 3 is 2.22 bits per heavy atom. The van der Waals surface area contributed by atoms with Crippen molar-refractivity contribution in [1.82, 2.24) is 10.2 Å². The first-order chi connectivity index (χ1) is 19.2. The molecule has 0 aromatic heterocycles. The van der Waals surface area contributed by atoms with Gasteiger partial charge in [-0.05, 0) is 69.2 Å². The third-order valence-electron chi connectivity index (χ3n) is 6.55. The van der Waals surface area contributed by atoms with Crippen LogP contribution in [-0.2, 0) is 32.3 Å². The van der Waals surface area contributed by atoms with Gasteiger partial charge in [0.15, 0.2) is 0 Å². The van der Waals surface area contributed by atoms with E-state index in [-0.39, 0.29) is 11.4 Å². The molecule has 1 N–H and O–H groups in total. The summed E-state index contributed by atoms with van der Waals surface area (Å²) in [5, 5.41) is 2.03. The van der Waals surface area contributed by atoms with Gasteiger partial charge in [0, 0.05) is 13.1 Å². The van der Waals surface area contributed by atoms with Crippen molar-refractivity contribution in [1.29, 1.82) is 0 Å². The standard InChI is InChI=1S/C29H31ClF3N3O4S/c1-5-34-28(38)21(4)35(17-22-9-7-6-8-20(22)3)27(37)18-36(41(39,40)24-13-10-19(2)11-14-24)23-12-15-26(30)25(16-23)29(31,32)33/h6-16,21H,5,17-18H2,1-4H3,(H,34,38)/t21-/m0/s1. The number of amides is 2. The molecule has 0 saturated carbocycles. The molecular formula is C29H31ClF3N3O4S. The van der Waals surface area contributed by atoms with Gasteiger partial charge in [-0.1, -0.05) is 53.6 Å². The summed E-state index contributed by atoms with van der Waals surface area (Å²) in [4.78, 5) is 27.6. The maximum absolute atomic E-state index is 13.9. The van der Waals surface area contributed by atoms with E-state index in [9.17, 15) is 31.2 Å². The van der Waals surface area contributed by atoms with Crippen molar-refractivity contribution in [2.75, 3.05) is 17.4 Å². The molecule has 3 rings (SSSR count). The van der Waals surface area contributed by atoms with E-state index in [4.69, 9.17) is 11.6 Å². The summed E-state index contributed by atoms with van der Waals surface area (Å²) in [6, 6.07) is 14.5. The quantitative estimate of drug-likeness (QED) is 0.318. The summed E-state index contributed by atoms with van der Waals surface area (Å²) in [5.74, 6) is -1.25. The number of nitrogens with one attached hydrogen (secondary N) is 1. The second kappa shape index (κ2) is 12.9. The molecule has 7 nitrogen and oxygen atoms in total. The number of aryl methyl sites for hydroxylation is 2. The molecule has 12 heteroatoms. The number of carbonyl (C=O) groups is 2. The molecule has 0 bridgehead atoms. The van der Waals surface area contributed by atoms with E-state index in [1.807, 2.05) is 19.1 Å². The normalized spacial score (nSPS) is 12.5. The maximum atomic E-state index is 13.9. The van der Waals surface area contributed by atoms with Gasteiger partial charge in [-0.3, -0.25) is 13.9 Å². The Labute approximate surface area is 243 Å². The average molecular weight is 610 g/mol. The van der Waals surface area contributed by atoms with Crippen molar-refractivity contribution in [3.8, 4) is 0 Å². The molecule has 3 aromatic rings. The SMILES string of the molecule is CCNC(=O)[C@H](C)N(Cc1ccccc1C)C(=O)CN(c1ccc(Cl)c(C(F)(F)F)c1)S(=O)(=O)c1ccc(C)cc1. The summed E-state index contributed by atoms with van der Waals surface area (Å²) >= 11 is 5.79. The van der Waals surface area contributed by atoms with Gasteiger partial charge in [-0.25, -0.2) is 8.42 Å². The van der Waals surface area contributed by atoms with E-state index < -0.39 is 56.9 Å². The summed E-state index contributed by atoms with van der Waals surface area (Å²) in [7, 11) is -4.54. The van der Waals surface area contributed by atoms with Gasteiger partial charge in [0.25, 0.3) is 10.0 Å². The molecule has 0 saturated heterocycles. The minimum Gasteiger partial charge on any atom is -0.355 e. The molecule has 0 aliphatic carbocycles. The zero-order valence-electron chi connectivity index (χ0n) is 23.0. The first-order valence-electron chi connectivity index (χ1n) is 12.7. The monoisotopic (exact) mass is 609 g/mol. The highest BCUT2D eigenvalue weighted by atomic mass is 35.5. The minimum absolute atomic E-state index is 0.0311. The van der Waals surface area contributed by atoms with Gasteiger partial charge in [-0.2, -0.15) is 13.2 Å². The summed E-state index contributed by atoms with van der Waals surface area (Å²) in [5.41, 5.74) is 0.663. The van der Waals surface area contributed by atoms with Crippen LogP contribution in [0, 0.1) is 13.8 Å². The van der Waals surface area contributed by atoms with E-state index >= 15 is 0 Å². The van der Waals surface area contributed by atoms with Crippen LogP contribution in [0.25, 0.3) is 0 Å². The number of nitrogens with zero attached hydrogens (tertiary/aromatic N) is 2. The zero-order chi connectivity index (χ0) is 30.5.